The smallest absolute Gasteiger partial charge is 0.136 e. The van der Waals surface area contributed by atoms with E-state index in [0.29, 0.717) is 16.9 Å². The summed E-state index contributed by atoms with van der Waals surface area (Å²) < 4.78 is 5.91. The Bertz CT molecular complexity index is 669. The molecule has 0 saturated carbocycles. The first-order chi connectivity index (χ1) is 9.33. The van der Waals surface area contributed by atoms with Crippen LogP contribution in [0.25, 0.3) is 22.6 Å². The van der Waals surface area contributed by atoms with Gasteiger partial charge in [0.25, 0.3) is 0 Å². The lowest BCUT2D eigenvalue weighted by Gasteiger charge is -2.05. The third-order valence-electron chi connectivity index (χ3n) is 2.91. The molecular weight excluding hydrogens is 234 g/mol. The Hall–Kier alpha value is -2.61. The van der Waals surface area contributed by atoms with E-state index in [2.05, 4.69) is 0 Å². The van der Waals surface area contributed by atoms with Gasteiger partial charge in [0, 0.05) is 23.3 Å². The maximum absolute atomic E-state index is 7.92. The van der Waals surface area contributed by atoms with Gasteiger partial charge < -0.3 is 9.83 Å². The molecule has 1 N–H and O–H groups in total. The van der Waals surface area contributed by atoms with Crippen LogP contribution in [0.4, 0.5) is 0 Å². The molecule has 0 atom stereocenters. The van der Waals surface area contributed by atoms with E-state index >= 15 is 0 Å². The summed E-state index contributed by atoms with van der Waals surface area (Å²) >= 11 is 0. The average Bonchev–Trinajstić information content (AvgIpc) is 2.48. The van der Waals surface area contributed by atoms with Crippen molar-refractivity contribution in [3.8, 4) is 22.6 Å². The van der Waals surface area contributed by atoms with Gasteiger partial charge in [0.1, 0.15) is 11.5 Å². The van der Waals surface area contributed by atoms with Crippen molar-refractivity contribution in [2.75, 3.05) is 0 Å². The number of rotatable bonds is 2. The van der Waals surface area contributed by atoms with Crippen LogP contribution in [0.2, 0.25) is 0 Å². The van der Waals surface area contributed by atoms with Crippen LogP contribution in [0.3, 0.4) is 0 Å². The van der Waals surface area contributed by atoms with Gasteiger partial charge in [-0.1, -0.05) is 60.7 Å². The molecule has 0 spiro atoms. The molecule has 2 heteroatoms. The van der Waals surface area contributed by atoms with E-state index in [1.54, 1.807) is 12.1 Å². The van der Waals surface area contributed by atoms with Gasteiger partial charge in [0.2, 0.25) is 0 Å². The van der Waals surface area contributed by atoms with Gasteiger partial charge >= 0.3 is 0 Å². The second-order valence-electron chi connectivity index (χ2n) is 4.31. The molecule has 19 heavy (non-hydrogen) atoms. The topological polar surface area (TPSA) is 37.0 Å². The molecule has 0 aliphatic rings. The fourth-order valence-corrected chi connectivity index (χ4v) is 1.99. The predicted molar refractivity (Wildman–Crippen MR) is 75.4 cm³/mol. The number of nitrogens with one attached hydrogen (secondary N) is 1. The van der Waals surface area contributed by atoms with Crippen LogP contribution in [0.15, 0.2) is 77.2 Å². The summed E-state index contributed by atoms with van der Waals surface area (Å²) in [4.78, 5) is 0. The molecule has 2 nitrogen and oxygen atoms in total. The van der Waals surface area contributed by atoms with Crippen molar-refractivity contribution < 1.29 is 4.42 Å². The van der Waals surface area contributed by atoms with Gasteiger partial charge in [-0.2, -0.15) is 0 Å². The zero-order valence-corrected chi connectivity index (χ0v) is 10.3. The standard InChI is InChI=1S/C17H13NO/c18-15-11-16(13-7-3-1-4-8-13)19-17(12-15)14-9-5-2-6-10-14/h1-12,18H. The fraction of sp³-hybridized carbons (Fsp3) is 0. The number of hydrogen-bond acceptors (Lipinski definition) is 2. The third kappa shape index (κ3) is 2.47. The van der Waals surface area contributed by atoms with Crippen LogP contribution in [-0.4, -0.2) is 0 Å². The minimum absolute atomic E-state index is 0.448. The molecule has 0 aliphatic heterocycles. The van der Waals surface area contributed by atoms with Crippen LogP contribution >= 0.6 is 0 Å². The van der Waals surface area contributed by atoms with Crippen LogP contribution in [0, 0.1) is 5.41 Å². The molecule has 0 amide bonds. The van der Waals surface area contributed by atoms with Gasteiger partial charge in [0.15, 0.2) is 0 Å². The van der Waals surface area contributed by atoms with Gasteiger partial charge in [-0.15, -0.1) is 0 Å². The second kappa shape index (κ2) is 4.94. The summed E-state index contributed by atoms with van der Waals surface area (Å²) in [5.74, 6) is 1.43. The molecule has 0 unspecified atom stereocenters. The highest BCUT2D eigenvalue weighted by Gasteiger charge is 2.04. The van der Waals surface area contributed by atoms with Crippen molar-refractivity contribution in [2.45, 2.75) is 0 Å². The van der Waals surface area contributed by atoms with Gasteiger partial charge in [-0.05, 0) is 0 Å². The summed E-state index contributed by atoms with van der Waals surface area (Å²) in [5, 5.41) is 8.36. The van der Waals surface area contributed by atoms with Crippen molar-refractivity contribution >= 4 is 0 Å². The monoisotopic (exact) mass is 247 g/mol. The number of benzene rings is 2. The van der Waals surface area contributed by atoms with Crippen molar-refractivity contribution in [3.05, 3.63) is 78.2 Å². The fourth-order valence-electron chi connectivity index (χ4n) is 1.99. The molecule has 2 aromatic carbocycles. The van der Waals surface area contributed by atoms with E-state index in [-0.39, 0.29) is 0 Å². The molecule has 0 fully saturated rings. The van der Waals surface area contributed by atoms with E-state index in [4.69, 9.17) is 9.83 Å². The average molecular weight is 247 g/mol. The molecule has 1 heterocycles. The van der Waals surface area contributed by atoms with Crippen LogP contribution in [-0.2, 0) is 0 Å². The Morgan fingerprint density at radius 3 is 1.47 bits per heavy atom. The van der Waals surface area contributed by atoms with E-state index in [9.17, 15) is 0 Å². The first-order valence-electron chi connectivity index (χ1n) is 6.13. The predicted octanol–water partition coefficient (Wildman–Crippen LogP) is 4.09. The summed E-state index contributed by atoms with van der Waals surface area (Å²) in [6.07, 6.45) is 0. The van der Waals surface area contributed by atoms with Crippen molar-refractivity contribution in [3.63, 3.8) is 0 Å². The summed E-state index contributed by atoms with van der Waals surface area (Å²) in [7, 11) is 0. The largest absolute Gasteiger partial charge is 0.456 e. The Morgan fingerprint density at radius 2 is 1.05 bits per heavy atom. The molecule has 3 aromatic rings. The first kappa shape index (κ1) is 11.5. The van der Waals surface area contributed by atoms with Crippen molar-refractivity contribution in [1.82, 2.24) is 0 Å². The van der Waals surface area contributed by atoms with Crippen LogP contribution < -0.4 is 5.36 Å². The van der Waals surface area contributed by atoms with Crippen molar-refractivity contribution in [2.24, 2.45) is 0 Å². The van der Waals surface area contributed by atoms with Gasteiger partial charge in [-0.25, -0.2) is 0 Å². The molecule has 0 radical (unpaired) electrons. The SMILES string of the molecule is N=c1cc(-c2ccccc2)oc(-c2ccccc2)c1. The molecule has 0 aliphatic carbocycles. The van der Waals surface area contributed by atoms with Crippen LogP contribution in [0.1, 0.15) is 0 Å². The Kier molecular flexibility index (Phi) is 2.99. The third-order valence-corrected chi connectivity index (χ3v) is 2.91. The Morgan fingerprint density at radius 1 is 0.632 bits per heavy atom. The van der Waals surface area contributed by atoms with E-state index in [1.165, 1.54) is 0 Å². The summed E-state index contributed by atoms with van der Waals surface area (Å²) in [5.41, 5.74) is 1.96. The highest BCUT2D eigenvalue weighted by atomic mass is 16.3. The van der Waals surface area contributed by atoms with Gasteiger partial charge in [-0.3, -0.25) is 0 Å². The van der Waals surface area contributed by atoms with E-state index < -0.39 is 0 Å². The lowest BCUT2D eigenvalue weighted by Crippen LogP contribution is -1.98. The minimum Gasteiger partial charge on any atom is -0.456 e. The van der Waals surface area contributed by atoms with E-state index in [1.807, 2.05) is 60.7 Å². The molecule has 3 rings (SSSR count). The zero-order valence-electron chi connectivity index (χ0n) is 10.3. The highest BCUT2D eigenvalue weighted by molar-refractivity contribution is 5.62. The molecule has 1 aromatic heterocycles. The molecule has 0 bridgehead atoms. The van der Waals surface area contributed by atoms with Gasteiger partial charge in [0.05, 0.1) is 5.36 Å². The Balaban J connectivity index is 2.15. The zero-order chi connectivity index (χ0) is 13.1. The molecular formula is C17H13NO. The maximum Gasteiger partial charge on any atom is 0.136 e. The molecule has 0 saturated heterocycles. The minimum atomic E-state index is 0.448. The van der Waals surface area contributed by atoms with Crippen LogP contribution in [0.5, 0.6) is 0 Å². The highest BCUT2D eigenvalue weighted by Crippen LogP contribution is 2.24. The first-order valence-corrected chi connectivity index (χ1v) is 6.13. The summed E-state index contributed by atoms with van der Waals surface area (Å²) in [6.45, 7) is 0. The van der Waals surface area contributed by atoms with Crippen molar-refractivity contribution in [1.29, 1.82) is 5.41 Å². The normalized spacial score (nSPS) is 10.3. The lowest BCUT2D eigenvalue weighted by molar-refractivity contribution is 0.579. The number of hydrogen-bond donors (Lipinski definition) is 1. The lowest BCUT2D eigenvalue weighted by atomic mass is 10.1. The Labute approximate surface area is 111 Å². The van der Waals surface area contributed by atoms with E-state index in [0.717, 1.165) is 11.1 Å². The second-order valence-corrected chi connectivity index (χ2v) is 4.31. The summed E-state index contributed by atoms with van der Waals surface area (Å²) in [6, 6.07) is 23.2. The molecule has 92 valence electrons. The maximum atomic E-state index is 7.92. The quantitative estimate of drug-likeness (QED) is 0.727.